The van der Waals surface area contributed by atoms with Crippen molar-refractivity contribution in [1.29, 1.82) is 0 Å². The minimum absolute atomic E-state index is 0.826. The summed E-state index contributed by atoms with van der Waals surface area (Å²) in [7, 11) is 2.22. The van der Waals surface area contributed by atoms with Crippen molar-refractivity contribution in [2.75, 3.05) is 25.5 Å². The highest BCUT2D eigenvalue weighted by molar-refractivity contribution is 9.09. The lowest BCUT2D eigenvalue weighted by molar-refractivity contribution is 0.281. The molecule has 0 aromatic heterocycles. The van der Waals surface area contributed by atoms with E-state index in [0.29, 0.717) is 0 Å². The largest absolute Gasteiger partial charge is 0.306 e. The van der Waals surface area contributed by atoms with Gasteiger partial charge in [0.25, 0.3) is 0 Å². The molecule has 0 rings (SSSR count). The molecule has 0 aliphatic heterocycles. The monoisotopic (exact) mass is 235 g/mol. The van der Waals surface area contributed by atoms with E-state index < -0.39 is 0 Å². The van der Waals surface area contributed by atoms with Gasteiger partial charge in [0.1, 0.15) is 0 Å². The standard InChI is InChI=1S/C10H22BrN/c1-4-6-7-12(3)9-10(5-2)8-11/h10H,4-9H2,1-3H3. The Bertz CT molecular complexity index is 91.8. The van der Waals surface area contributed by atoms with Crippen molar-refractivity contribution in [3.8, 4) is 0 Å². The Balaban J connectivity index is 3.44. The molecule has 74 valence electrons. The fourth-order valence-corrected chi connectivity index (χ4v) is 1.91. The Kier molecular flexibility index (Phi) is 8.35. The van der Waals surface area contributed by atoms with Gasteiger partial charge >= 0.3 is 0 Å². The van der Waals surface area contributed by atoms with Crippen molar-refractivity contribution >= 4 is 15.9 Å². The first-order chi connectivity index (χ1) is 5.74. The van der Waals surface area contributed by atoms with Gasteiger partial charge in [0, 0.05) is 11.9 Å². The molecule has 1 nitrogen and oxygen atoms in total. The van der Waals surface area contributed by atoms with E-state index in [0.717, 1.165) is 11.2 Å². The fraction of sp³-hybridized carbons (Fsp3) is 1.00. The van der Waals surface area contributed by atoms with Gasteiger partial charge in [-0.3, -0.25) is 0 Å². The lowest BCUT2D eigenvalue weighted by Crippen LogP contribution is -2.27. The molecular formula is C10H22BrN. The topological polar surface area (TPSA) is 3.24 Å². The quantitative estimate of drug-likeness (QED) is 0.614. The van der Waals surface area contributed by atoms with Crippen LogP contribution >= 0.6 is 15.9 Å². The van der Waals surface area contributed by atoms with Crippen molar-refractivity contribution in [1.82, 2.24) is 4.90 Å². The molecule has 1 atom stereocenters. The predicted molar refractivity (Wildman–Crippen MR) is 60.0 cm³/mol. The molecule has 0 fully saturated rings. The minimum atomic E-state index is 0.826. The van der Waals surface area contributed by atoms with Gasteiger partial charge in [-0.2, -0.15) is 0 Å². The summed E-state index contributed by atoms with van der Waals surface area (Å²) in [5.41, 5.74) is 0. The molecule has 0 aliphatic carbocycles. The lowest BCUT2D eigenvalue weighted by Gasteiger charge is -2.21. The highest BCUT2D eigenvalue weighted by atomic mass is 79.9. The maximum absolute atomic E-state index is 3.55. The molecule has 0 aromatic carbocycles. The summed E-state index contributed by atoms with van der Waals surface area (Å²) in [5.74, 6) is 0.826. The summed E-state index contributed by atoms with van der Waals surface area (Å²) in [6.07, 6.45) is 3.91. The summed E-state index contributed by atoms with van der Waals surface area (Å²) < 4.78 is 0. The summed E-state index contributed by atoms with van der Waals surface area (Å²) >= 11 is 3.55. The molecule has 0 heterocycles. The van der Waals surface area contributed by atoms with Gasteiger partial charge in [-0.05, 0) is 25.9 Å². The van der Waals surface area contributed by atoms with E-state index in [-0.39, 0.29) is 0 Å². The molecule has 12 heavy (non-hydrogen) atoms. The van der Waals surface area contributed by atoms with Gasteiger partial charge in [0.2, 0.25) is 0 Å². The van der Waals surface area contributed by atoms with Crippen LogP contribution in [0, 0.1) is 5.92 Å². The number of alkyl halides is 1. The van der Waals surface area contributed by atoms with Crippen molar-refractivity contribution in [3.63, 3.8) is 0 Å². The second-order valence-electron chi connectivity index (χ2n) is 3.54. The van der Waals surface area contributed by atoms with E-state index in [1.807, 2.05) is 0 Å². The maximum atomic E-state index is 3.55. The van der Waals surface area contributed by atoms with Crippen molar-refractivity contribution < 1.29 is 0 Å². The number of unbranched alkanes of at least 4 members (excludes halogenated alkanes) is 1. The Morgan fingerprint density at radius 3 is 2.42 bits per heavy atom. The molecule has 0 saturated carbocycles. The molecule has 0 spiro atoms. The maximum Gasteiger partial charge on any atom is 0.00717 e. The third-order valence-corrected chi connectivity index (χ3v) is 3.17. The molecule has 0 bridgehead atoms. The Morgan fingerprint density at radius 1 is 1.33 bits per heavy atom. The predicted octanol–water partition coefficient (Wildman–Crippen LogP) is 3.14. The van der Waals surface area contributed by atoms with Crippen LogP contribution < -0.4 is 0 Å². The van der Waals surface area contributed by atoms with E-state index >= 15 is 0 Å². The van der Waals surface area contributed by atoms with E-state index in [1.54, 1.807) is 0 Å². The molecule has 0 N–H and O–H groups in total. The van der Waals surface area contributed by atoms with Crippen LogP contribution in [-0.4, -0.2) is 30.4 Å². The number of nitrogens with zero attached hydrogens (tertiary/aromatic N) is 1. The number of hydrogen-bond acceptors (Lipinski definition) is 1. The summed E-state index contributed by atoms with van der Waals surface area (Å²) in [4.78, 5) is 2.44. The fourth-order valence-electron chi connectivity index (χ4n) is 1.25. The van der Waals surface area contributed by atoms with Crippen LogP contribution in [0.5, 0.6) is 0 Å². The van der Waals surface area contributed by atoms with Crippen LogP contribution in [-0.2, 0) is 0 Å². The second kappa shape index (κ2) is 8.06. The van der Waals surface area contributed by atoms with Crippen LogP contribution in [0.4, 0.5) is 0 Å². The molecular weight excluding hydrogens is 214 g/mol. The summed E-state index contributed by atoms with van der Waals surface area (Å²) in [6, 6.07) is 0. The first-order valence-electron chi connectivity index (χ1n) is 4.99. The number of hydrogen-bond donors (Lipinski definition) is 0. The lowest BCUT2D eigenvalue weighted by atomic mass is 10.1. The first kappa shape index (κ1) is 12.4. The molecule has 1 unspecified atom stereocenters. The highest BCUT2D eigenvalue weighted by Gasteiger charge is 2.06. The molecule has 0 saturated heterocycles. The van der Waals surface area contributed by atoms with Gasteiger partial charge in [0.05, 0.1) is 0 Å². The zero-order chi connectivity index (χ0) is 9.40. The molecule has 0 radical (unpaired) electrons. The Hall–Kier alpha value is 0.440. The zero-order valence-electron chi connectivity index (χ0n) is 8.65. The third-order valence-electron chi connectivity index (χ3n) is 2.26. The molecule has 2 heteroatoms. The van der Waals surface area contributed by atoms with Crippen LogP contribution in [0.2, 0.25) is 0 Å². The van der Waals surface area contributed by atoms with Crippen LogP contribution in [0.25, 0.3) is 0 Å². The number of rotatable bonds is 7. The summed E-state index contributed by atoms with van der Waals surface area (Å²) in [5, 5.41) is 1.14. The Morgan fingerprint density at radius 2 is 2.00 bits per heavy atom. The van der Waals surface area contributed by atoms with Gasteiger partial charge in [-0.1, -0.05) is 42.6 Å². The molecule has 0 amide bonds. The highest BCUT2D eigenvalue weighted by Crippen LogP contribution is 2.08. The second-order valence-corrected chi connectivity index (χ2v) is 4.19. The molecule has 0 aromatic rings. The van der Waals surface area contributed by atoms with Crippen molar-refractivity contribution in [3.05, 3.63) is 0 Å². The van der Waals surface area contributed by atoms with Gasteiger partial charge < -0.3 is 4.90 Å². The van der Waals surface area contributed by atoms with E-state index in [2.05, 4.69) is 41.7 Å². The number of halogens is 1. The van der Waals surface area contributed by atoms with E-state index in [9.17, 15) is 0 Å². The van der Waals surface area contributed by atoms with Crippen molar-refractivity contribution in [2.24, 2.45) is 5.92 Å². The van der Waals surface area contributed by atoms with Crippen LogP contribution in [0.1, 0.15) is 33.1 Å². The smallest absolute Gasteiger partial charge is 0.00717 e. The average Bonchev–Trinajstić information content (AvgIpc) is 2.10. The SMILES string of the molecule is CCCCN(C)CC(CC)CBr. The zero-order valence-corrected chi connectivity index (χ0v) is 10.2. The van der Waals surface area contributed by atoms with E-state index in [4.69, 9.17) is 0 Å². The average molecular weight is 236 g/mol. The normalized spacial score (nSPS) is 13.8. The van der Waals surface area contributed by atoms with Gasteiger partial charge in [-0.25, -0.2) is 0 Å². The minimum Gasteiger partial charge on any atom is -0.306 e. The van der Waals surface area contributed by atoms with Crippen molar-refractivity contribution in [2.45, 2.75) is 33.1 Å². The van der Waals surface area contributed by atoms with E-state index in [1.165, 1.54) is 32.4 Å². The van der Waals surface area contributed by atoms with Gasteiger partial charge in [-0.15, -0.1) is 0 Å². The Labute approximate surface area is 85.7 Å². The first-order valence-corrected chi connectivity index (χ1v) is 6.11. The van der Waals surface area contributed by atoms with Crippen LogP contribution in [0.15, 0.2) is 0 Å². The van der Waals surface area contributed by atoms with Crippen LogP contribution in [0.3, 0.4) is 0 Å². The van der Waals surface area contributed by atoms with Gasteiger partial charge in [0.15, 0.2) is 0 Å². The summed E-state index contributed by atoms with van der Waals surface area (Å²) in [6.45, 7) is 7.00. The molecule has 0 aliphatic rings. The third kappa shape index (κ3) is 6.01.